The van der Waals surface area contributed by atoms with Crippen LogP contribution in [0.15, 0.2) is 48.5 Å². The molecule has 0 fully saturated rings. The molecule has 0 atom stereocenters. The lowest BCUT2D eigenvalue weighted by Crippen LogP contribution is -2.30. The summed E-state index contributed by atoms with van der Waals surface area (Å²) in [4.78, 5) is 25.5. The SMILES string of the molecule is COC(=O)c1cccc(NC(=O)CN(C)Cc2ccccc2Cl)c1. The number of carbonyl (C=O) groups excluding carboxylic acids is 2. The molecule has 0 unspecified atom stereocenters. The van der Waals surface area contributed by atoms with E-state index < -0.39 is 5.97 Å². The normalized spacial score (nSPS) is 10.5. The van der Waals surface area contributed by atoms with E-state index in [4.69, 9.17) is 11.6 Å². The van der Waals surface area contributed by atoms with Gasteiger partial charge in [0.2, 0.25) is 5.91 Å². The van der Waals surface area contributed by atoms with Crippen molar-refractivity contribution < 1.29 is 14.3 Å². The molecular formula is C18H19ClN2O3. The summed E-state index contributed by atoms with van der Waals surface area (Å²) in [5, 5.41) is 3.45. The van der Waals surface area contributed by atoms with Crippen molar-refractivity contribution in [2.24, 2.45) is 0 Å². The third-order valence-corrected chi connectivity index (χ3v) is 3.75. The van der Waals surface area contributed by atoms with Gasteiger partial charge in [0.1, 0.15) is 0 Å². The molecule has 0 bridgehead atoms. The van der Waals surface area contributed by atoms with Crippen molar-refractivity contribution in [1.82, 2.24) is 4.90 Å². The molecule has 0 heterocycles. The Morgan fingerprint density at radius 3 is 2.62 bits per heavy atom. The minimum atomic E-state index is -0.443. The molecule has 6 heteroatoms. The number of anilines is 1. The zero-order valence-corrected chi connectivity index (χ0v) is 14.3. The highest BCUT2D eigenvalue weighted by molar-refractivity contribution is 6.31. The molecule has 0 saturated heterocycles. The third-order valence-electron chi connectivity index (χ3n) is 3.38. The van der Waals surface area contributed by atoms with Gasteiger partial charge in [-0.15, -0.1) is 0 Å². The predicted molar refractivity (Wildman–Crippen MR) is 94.2 cm³/mol. The largest absolute Gasteiger partial charge is 0.465 e. The number of rotatable bonds is 6. The van der Waals surface area contributed by atoms with Crippen LogP contribution in [-0.4, -0.2) is 37.5 Å². The summed E-state index contributed by atoms with van der Waals surface area (Å²) in [6.45, 7) is 0.767. The molecule has 2 aromatic rings. The Bertz CT molecular complexity index is 734. The number of hydrogen-bond acceptors (Lipinski definition) is 4. The van der Waals surface area contributed by atoms with Crippen LogP contribution < -0.4 is 5.32 Å². The molecule has 126 valence electrons. The van der Waals surface area contributed by atoms with Gasteiger partial charge in [0, 0.05) is 17.3 Å². The van der Waals surface area contributed by atoms with Gasteiger partial charge in [0.25, 0.3) is 0 Å². The molecule has 0 saturated carbocycles. The average Bonchev–Trinajstić information content (AvgIpc) is 2.56. The smallest absolute Gasteiger partial charge is 0.337 e. The first kappa shape index (κ1) is 18.0. The number of nitrogens with zero attached hydrogens (tertiary/aromatic N) is 1. The van der Waals surface area contributed by atoms with E-state index in [1.165, 1.54) is 7.11 Å². The van der Waals surface area contributed by atoms with Crippen molar-refractivity contribution >= 4 is 29.2 Å². The molecule has 2 aromatic carbocycles. The number of hydrogen-bond donors (Lipinski definition) is 1. The van der Waals surface area contributed by atoms with Crippen molar-refractivity contribution in [1.29, 1.82) is 0 Å². The van der Waals surface area contributed by atoms with Gasteiger partial charge in [-0.3, -0.25) is 9.69 Å². The lowest BCUT2D eigenvalue weighted by Gasteiger charge is -2.17. The molecule has 0 aliphatic heterocycles. The van der Waals surface area contributed by atoms with Gasteiger partial charge in [-0.1, -0.05) is 35.9 Å². The Morgan fingerprint density at radius 2 is 1.92 bits per heavy atom. The van der Waals surface area contributed by atoms with Crippen LogP contribution in [0.25, 0.3) is 0 Å². The lowest BCUT2D eigenvalue weighted by atomic mass is 10.2. The molecule has 24 heavy (non-hydrogen) atoms. The minimum Gasteiger partial charge on any atom is -0.465 e. The highest BCUT2D eigenvalue weighted by atomic mass is 35.5. The van der Waals surface area contributed by atoms with Crippen LogP contribution in [0.4, 0.5) is 5.69 Å². The highest BCUT2D eigenvalue weighted by Gasteiger charge is 2.11. The van der Waals surface area contributed by atoms with E-state index in [-0.39, 0.29) is 12.5 Å². The summed E-state index contributed by atoms with van der Waals surface area (Å²) in [7, 11) is 3.16. The van der Waals surface area contributed by atoms with E-state index in [2.05, 4.69) is 10.1 Å². The Hall–Kier alpha value is -2.37. The number of likely N-dealkylation sites (N-methyl/N-ethyl adjacent to an activating group) is 1. The van der Waals surface area contributed by atoms with E-state index in [0.717, 1.165) is 5.56 Å². The number of methoxy groups -OCH3 is 1. The van der Waals surface area contributed by atoms with Crippen molar-refractivity contribution in [3.05, 3.63) is 64.7 Å². The Morgan fingerprint density at radius 1 is 1.17 bits per heavy atom. The fourth-order valence-corrected chi connectivity index (χ4v) is 2.46. The second-order valence-electron chi connectivity index (χ2n) is 5.38. The first-order chi connectivity index (χ1) is 11.5. The Labute approximate surface area is 146 Å². The van der Waals surface area contributed by atoms with Crippen molar-refractivity contribution in [3.8, 4) is 0 Å². The summed E-state index contributed by atoms with van der Waals surface area (Å²) in [5.74, 6) is -0.617. The Balaban J connectivity index is 1.93. The number of esters is 1. The molecule has 5 nitrogen and oxygen atoms in total. The van der Waals surface area contributed by atoms with Crippen LogP contribution in [-0.2, 0) is 16.1 Å². The van der Waals surface area contributed by atoms with Crippen LogP contribution in [0, 0.1) is 0 Å². The molecule has 0 spiro atoms. The lowest BCUT2D eigenvalue weighted by molar-refractivity contribution is -0.117. The van der Waals surface area contributed by atoms with Crippen LogP contribution in [0.5, 0.6) is 0 Å². The maximum absolute atomic E-state index is 12.1. The second kappa shape index (κ2) is 8.47. The van der Waals surface area contributed by atoms with Crippen LogP contribution in [0.2, 0.25) is 5.02 Å². The molecule has 0 aliphatic carbocycles. The number of benzene rings is 2. The molecule has 2 rings (SSSR count). The van der Waals surface area contributed by atoms with E-state index in [1.54, 1.807) is 24.3 Å². The quantitative estimate of drug-likeness (QED) is 0.816. The van der Waals surface area contributed by atoms with Gasteiger partial charge in [-0.25, -0.2) is 4.79 Å². The monoisotopic (exact) mass is 346 g/mol. The van der Waals surface area contributed by atoms with Gasteiger partial charge in [0.05, 0.1) is 19.2 Å². The average molecular weight is 347 g/mol. The fourth-order valence-electron chi connectivity index (χ4n) is 2.26. The van der Waals surface area contributed by atoms with Crippen LogP contribution >= 0.6 is 11.6 Å². The van der Waals surface area contributed by atoms with E-state index in [0.29, 0.717) is 22.8 Å². The first-order valence-electron chi connectivity index (χ1n) is 7.40. The predicted octanol–water partition coefficient (Wildman–Crippen LogP) is 3.20. The summed E-state index contributed by atoms with van der Waals surface area (Å²) < 4.78 is 4.67. The molecule has 1 amide bonds. The maximum Gasteiger partial charge on any atom is 0.337 e. The third kappa shape index (κ3) is 5.08. The standard InChI is InChI=1S/C18H19ClN2O3/c1-21(11-14-6-3-4-9-16(14)19)12-17(22)20-15-8-5-7-13(10-15)18(23)24-2/h3-10H,11-12H2,1-2H3,(H,20,22). The molecular weight excluding hydrogens is 328 g/mol. The summed E-state index contributed by atoms with van der Waals surface area (Å²) in [6, 6.07) is 14.1. The van der Waals surface area contributed by atoms with Crippen molar-refractivity contribution in [2.45, 2.75) is 6.54 Å². The number of amides is 1. The molecule has 0 aliphatic rings. The van der Waals surface area contributed by atoms with Gasteiger partial charge < -0.3 is 10.1 Å². The van der Waals surface area contributed by atoms with E-state index in [1.807, 2.05) is 36.2 Å². The maximum atomic E-state index is 12.1. The zero-order chi connectivity index (χ0) is 17.5. The second-order valence-corrected chi connectivity index (χ2v) is 5.79. The van der Waals surface area contributed by atoms with Gasteiger partial charge in [-0.05, 0) is 36.9 Å². The zero-order valence-electron chi connectivity index (χ0n) is 13.6. The fraction of sp³-hybridized carbons (Fsp3) is 0.222. The highest BCUT2D eigenvalue weighted by Crippen LogP contribution is 2.16. The van der Waals surface area contributed by atoms with Crippen molar-refractivity contribution in [2.75, 3.05) is 26.0 Å². The summed E-state index contributed by atoms with van der Waals surface area (Å²) in [5.41, 5.74) is 1.90. The molecule has 0 radical (unpaired) electrons. The van der Waals surface area contributed by atoms with E-state index >= 15 is 0 Å². The minimum absolute atomic E-state index is 0.174. The van der Waals surface area contributed by atoms with Gasteiger partial charge in [0.15, 0.2) is 0 Å². The molecule has 0 aromatic heterocycles. The molecule has 1 N–H and O–H groups in total. The van der Waals surface area contributed by atoms with E-state index in [9.17, 15) is 9.59 Å². The summed E-state index contributed by atoms with van der Waals surface area (Å²) >= 11 is 6.12. The number of ether oxygens (including phenoxy) is 1. The van der Waals surface area contributed by atoms with Crippen LogP contribution in [0.3, 0.4) is 0 Å². The number of nitrogens with one attached hydrogen (secondary N) is 1. The number of carbonyl (C=O) groups is 2. The van der Waals surface area contributed by atoms with Crippen LogP contribution in [0.1, 0.15) is 15.9 Å². The Kier molecular flexibility index (Phi) is 6.35. The van der Waals surface area contributed by atoms with Gasteiger partial charge in [-0.2, -0.15) is 0 Å². The van der Waals surface area contributed by atoms with Crippen molar-refractivity contribution in [3.63, 3.8) is 0 Å². The van der Waals surface area contributed by atoms with Gasteiger partial charge >= 0.3 is 5.97 Å². The topological polar surface area (TPSA) is 58.6 Å². The number of halogens is 1. The summed E-state index contributed by atoms with van der Waals surface area (Å²) in [6.07, 6.45) is 0. The first-order valence-corrected chi connectivity index (χ1v) is 7.77.